The molecule has 0 atom stereocenters. The maximum Gasteiger partial charge on any atom is 0.343 e. The Morgan fingerprint density at radius 2 is 2.14 bits per heavy atom. The molecule has 0 saturated carbocycles. The van der Waals surface area contributed by atoms with Gasteiger partial charge in [0.2, 0.25) is 0 Å². The van der Waals surface area contributed by atoms with E-state index in [0.29, 0.717) is 11.3 Å². The summed E-state index contributed by atoms with van der Waals surface area (Å²) in [5, 5.41) is 6.65. The second-order valence-electron chi connectivity index (χ2n) is 4.44. The first-order valence-corrected chi connectivity index (χ1v) is 6.71. The van der Waals surface area contributed by atoms with Crippen molar-refractivity contribution < 1.29 is 19.1 Å². The highest BCUT2D eigenvalue weighted by Crippen LogP contribution is 2.18. The third-order valence-electron chi connectivity index (χ3n) is 3.00. The molecule has 0 aliphatic heterocycles. The standard InChI is InChI=1S/C15H17N3O4/c1-4-22-15(20)12-9-16-18(2)13(12)17-14(19)10-6-5-7-11(8-10)21-3/h5-9H,4H2,1-3H3,(H,17,19). The number of esters is 1. The van der Waals surface area contributed by atoms with Crippen LogP contribution >= 0.6 is 0 Å². The average molecular weight is 303 g/mol. The van der Waals surface area contributed by atoms with Gasteiger partial charge >= 0.3 is 5.97 Å². The van der Waals surface area contributed by atoms with Crippen molar-refractivity contribution in [2.45, 2.75) is 6.92 Å². The summed E-state index contributed by atoms with van der Waals surface area (Å²) >= 11 is 0. The number of nitrogens with one attached hydrogen (secondary N) is 1. The van der Waals surface area contributed by atoms with E-state index in [-0.39, 0.29) is 23.9 Å². The van der Waals surface area contributed by atoms with Gasteiger partial charge in [-0.2, -0.15) is 5.10 Å². The van der Waals surface area contributed by atoms with Crippen LogP contribution < -0.4 is 10.1 Å². The minimum atomic E-state index is -0.531. The average Bonchev–Trinajstić information content (AvgIpc) is 2.88. The number of methoxy groups -OCH3 is 1. The number of ether oxygens (including phenoxy) is 2. The van der Waals surface area contributed by atoms with Crippen LogP contribution in [0.3, 0.4) is 0 Å². The van der Waals surface area contributed by atoms with Crippen LogP contribution in [0.5, 0.6) is 5.75 Å². The lowest BCUT2D eigenvalue weighted by Crippen LogP contribution is -2.17. The third kappa shape index (κ3) is 3.25. The molecular formula is C15H17N3O4. The van der Waals surface area contributed by atoms with Crippen LogP contribution in [-0.4, -0.2) is 35.4 Å². The number of nitrogens with zero attached hydrogens (tertiary/aromatic N) is 2. The number of carbonyl (C=O) groups is 2. The minimum Gasteiger partial charge on any atom is -0.497 e. The summed E-state index contributed by atoms with van der Waals surface area (Å²) in [6.07, 6.45) is 1.36. The molecule has 0 spiro atoms. The Bertz CT molecular complexity index is 694. The van der Waals surface area contributed by atoms with E-state index < -0.39 is 5.97 Å². The fourth-order valence-corrected chi connectivity index (χ4v) is 1.89. The molecule has 2 aromatic rings. The molecule has 0 radical (unpaired) electrons. The lowest BCUT2D eigenvalue weighted by molar-refractivity contribution is 0.0527. The Kier molecular flexibility index (Phi) is 4.77. The first-order chi connectivity index (χ1) is 10.6. The predicted molar refractivity (Wildman–Crippen MR) is 80.1 cm³/mol. The summed E-state index contributed by atoms with van der Waals surface area (Å²) in [5.41, 5.74) is 0.621. The molecule has 0 aliphatic carbocycles. The van der Waals surface area contributed by atoms with Crippen LogP contribution in [0.15, 0.2) is 30.5 Å². The number of aromatic nitrogens is 2. The molecular weight excluding hydrogens is 286 g/mol. The van der Waals surface area contributed by atoms with Crippen LogP contribution in [0.25, 0.3) is 0 Å². The van der Waals surface area contributed by atoms with Gasteiger partial charge in [-0.3, -0.25) is 9.48 Å². The fraction of sp³-hybridized carbons (Fsp3) is 0.267. The first kappa shape index (κ1) is 15.6. The molecule has 1 aromatic carbocycles. The van der Waals surface area contributed by atoms with Gasteiger partial charge in [0, 0.05) is 12.6 Å². The summed E-state index contributed by atoms with van der Waals surface area (Å²) in [6.45, 7) is 1.96. The maximum absolute atomic E-state index is 12.3. The highest BCUT2D eigenvalue weighted by molar-refractivity contribution is 6.07. The van der Waals surface area contributed by atoms with Gasteiger partial charge in [0.05, 0.1) is 19.9 Å². The quantitative estimate of drug-likeness (QED) is 0.852. The monoisotopic (exact) mass is 303 g/mol. The number of carbonyl (C=O) groups excluding carboxylic acids is 2. The number of benzene rings is 1. The van der Waals surface area contributed by atoms with Crippen LogP contribution in [0.2, 0.25) is 0 Å². The van der Waals surface area contributed by atoms with Gasteiger partial charge < -0.3 is 14.8 Å². The zero-order chi connectivity index (χ0) is 16.1. The van der Waals surface area contributed by atoms with E-state index in [0.717, 1.165) is 0 Å². The van der Waals surface area contributed by atoms with Crippen LogP contribution in [0.4, 0.5) is 5.82 Å². The zero-order valence-corrected chi connectivity index (χ0v) is 12.6. The lowest BCUT2D eigenvalue weighted by atomic mass is 10.2. The topological polar surface area (TPSA) is 82.5 Å². The summed E-state index contributed by atoms with van der Waals surface area (Å²) in [7, 11) is 3.15. The molecule has 0 saturated heterocycles. The largest absolute Gasteiger partial charge is 0.497 e. The van der Waals surface area contributed by atoms with E-state index >= 15 is 0 Å². The summed E-state index contributed by atoms with van der Waals surface area (Å²) < 4.78 is 11.4. The van der Waals surface area contributed by atoms with Crippen molar-refractivity contribution in [3.8, 4) is 5.75 Å². The molecule has 7 nitrogen and oxygen atoms in total. The Hall–Kier alpha value is -2.83. The number of anilines is 1. The molecule has 1 aromatic heterocycles. The van der Waals surface area contributed by atoms with E-state index in [1.807, 2.05) is 0 Å². The summed E-state index contributed by atoms with van der Waals surface area (Å²) in [6, 6.07) is 6.71. The molecule has 22 heavy (non-hydrogen) atoms. The fourth-order valence-electron chi connectivity index (χ4n) is 1.89. The van der Waals surface area contributed by atoms with Crippen molar-refractivity contribution in [2.75, 3.05) is 19.0 Å². The van der Waals surface area contributed by atoms with Gasteiger partial charge in [-0.05, 0) is 25.1 Å². The molecule has 7 heteroatoms. The van der Waals surface area contributed by atoms with Crippen molar-refractivity contribution in [1.82, 2.24) is 9.78 Å². The Balaban J connectivity index is 2.24. The summed E-state index contributed by atoms with van der Waals surface area (Å²) in [5.74, 6) is -0.0425. The summed E-state index contributed by atoms with van der Waals surface area (Å²) in [4.78, 5) is 24.2. The van der Waals surface area contributed by atoms with E-state index in [4.69, 9.17) is 9.47 Å². The van der Waals surface area contributed by atoms with Crippen molar-refractivity contribution in [2.24, 2.45) is 7.05 Å². The van der Waals surface area contributed by atoms with E-state index in [1.54, 1.807) is 38.2 Å². The molecule has 116 valence electrons. The third-order valence-corrected chi connectivity index (χ3v) is 3.00. The van der Waals surface area contributed by atoms with E-state index in [9.17, 15) is 9.59 Å². The molecule has 1 amide bonds. The molecule has 2 rings (SSSR count). The molecule has 1 heterocycles. The second kappa shape index (κ2) is 6.75. The number of hydrogen-bond donors (Lipinski definition) is 1. The van der Waals surface area contributed by atoms with Gasteiger partial charge in [0.15, 0.2) is 0 Å². The minimum absolute atomic E-state index is 0.209. The Labute approximate surface area is 127 Å². The van der Waals surface area contributed by atoms with E-state index in [2.05, 4.69) is 10.4 Å². The van der Waals surface area contributed by atoms with Gasteiger partial charge in [-0.15, -0.1) is 0 Å². The van der Waals surface area contributed by atoms with Gasteiger partial charge in [0.1, 0.15) is 17.1 Å². The van der Waals surface area contributed by atoms with Crippen molar-refractivity contribution in [3.05, 3.63) is 41.6 Å². The Morgan fingerprint density at radius 3 is 2.82 bits per heavy atom. The first-order valence-electron chi connectivity index (χ1n) is 6.71. The second-order valence-corrected chi connectivity index (χ2v) is 4.44. The molecule has 0 unspecified atom stereocenters. The zero-order valence-electron chi connectivity index (χ0n) is 12.6. The number of amides is 1. The normalized spacial score (nSPS) is 10.1. The van der Waals surface area contributed by atoms with Crippen LogP contribution in [0.1, 0.15) is 27.6 Å². The number of aryl methyl sites for hydroxylation is 1. The van der Waals surface area contributed by atoms with Crippen LogP contribution in [-0.2, 0) is 11.8 Å². The highest BCUT2D eigenvalue weighted by Gasteiger charge is 2.19. The molecule has 0 fully saturated rings. The smallest absolute Gasteiger partial charge is 0.343 e. The van der Waals surface area contributed by atoms with Gasteiger partial charge in [-0.25, -0.2) is 4.79 Å². The molecule has 1 N–H and O–H groups in total. The lowest BCUT2D eigenvalue weighted by Gasteiger charge is -2.09. The molecule has 0 aliphatic rings. The number of rotatable bonds is 5. The van der Waals surface area contributed by atoms with Crippen molar-refractivity contribution in [1.29, 1.82) is 0 Å². The molecule has 0 bridgehead atoms. The van der Waals surface area contributed by atoms with Crippen LogP contribution in [0, 0.1) is 0 Å². The SMILES string of the molecule is CCOC(=O)c1cnn(C)c1NC(=O)c1cccc(OC)c1. The Morgan fingerprint density at radius 1 is 1.36 bits per heavy atom. The van der Waals surface area contributed by atoms with Gasteiger partial charge in [-0.1, -0.05) is 6.07 Å². The van der Waals surface area contributed by atoms with Crippen molar-refractivity contribution >= 4 is 17.7 Å². The maximum atomic E-state index is 12.3. The van der Waals surface area contributed by atoms with Gasteiger partial charge in [0.25, 0.3) is 5.91 Å². The van der Waals surface area contributed by atoms with Crippen molar-refractivity contribution in [3.63, 3.8) is 0 Å². The number of hydrogen-bond acceptors (Lipinski definition) is 5. The van der Waals surface area contributed by atoms with E-state index in [1.165, 1.54) is 18.0 Å². The highest BCUT2D eigenvalue weighted by atomic mass is 16.5. The predicted octanol–water partition coefficient (Wildman–Crippen LogP) is 1.86.